The van der Waals surface area contributed by atoms with E-state index in [9.17, 15) is 9.59 Å². The Morgan fingerprint density at radius 2 is 1.63 bits per heavy atom. The fourth-order valence-electron chi connectivity index (χ4n) is 3.95. The van der Waals surface area contributed by atoms with Gasteiger partial charge in [0.25, 0.3) is 0 Å². The number of piperidine rings is 1. The summed E-state index contributed by atoms with van der Waals surface area (Å²) < 4.78 is 0. The lowest BCUT2D eigenvalue weighted by atomic mass is 9.96. The van der Waals surface area contributed by atoms with Crippen LogP contribution in [0.25, 0.3) is 0 Å². The summed E-state index contributed by atoms with van der Waals surface area (Å²) in [5.41, 5.74) is 0. The minimum Gasteiger partial charge on any atom is -0.343 e. The Morgan fingerprint density at radius 1 is 0.963 bits per heavy atom. The summed E-state index contributed by atoms with van der Waals surface area (Å²) in [6, 6.07) is 0. The molecule has 5 nitrogen and oxygen atoms in total. The predicted octanol–water partition coefficient (Wildman–Crippen LogP) is 3.78. The molecule has 0 saturated carbocycles. The van der Waals surface area contributed by atoms with Gasteiger partial charge in [0.05, 0.1) is 5.92 Å². The maximum Gasteiger partial charge on any atom is 0.227 e. The van der Waals surface area contributed by atoms with E-state index >= 15 is 0 Å². The fraction of sp³-hybridized carbons (Fsp3) is 0.909. The van der Waals surface area contributed by atoms with Gasteiger partial charge in [-0.25, -0.2) is 0 Å². The van der Waals surface area contributed by atoms with Crippen LogP contribution in [-0.4, -0.2) is 72.8 Å². The molecule has 0 N–H and O–H groups in total. The monoisotopic (exact) mass is 381 g/mol. The van der Waals surface area contributed by atoms with E-state index in [2.05, 4.69) is 18.9 Å². The second-order valence-corrected chi connectivity index (χ2v) is 8.01. The summed E-state index contributed by atoms with van der Waals surface area (Å²) in [6.07, 6.45) is 9.91. The topological polar surface area (TPSA) is 43.9 Å². The first-order chi connectivity index (χ1) is 13.0. The number of carbonyl (C=O) groups excluding carboxylic acids is 2. The standard InChI is InChI=1S/C22H43N3O2/c1-5-8-9-10-11-16-23(4)17-13-15-21(26)25-18-12-14-20(19-25)22(27)24(6-2)7-3/h20H,5-19H2,1-4H3. The van der Waals surface area contributed by atoms with Gasteiger partial charge in [-0.3, -0.25) is 9.59 Å². The molecule has 0 aliphatic carbocycles. The highest BCUT2D eigenvalue weighted by Gasteiger charge is 2.30. The molecule has 0 aromatic rings. The lowest BCUT2D eigenvalue weighted by Crippen LogP contribution is -2.46. The van der Waals surface area contributed by atoms with E-state index in [4.69, 9.17) is 0 Å². The third-order valence-corrected chi connectivity index (χ3v) is 5.77. The average molecular weight is 382 g/mol. The summed E-state index contributed by atoms with van der Waals surface area (Å²) in [5, 5.41) is 0. The third-order valence-electron chi connectivity index (χ3n) is 5.77. The molecule has 1 heterocycles. The quantitative estimate of drug-likeness (QED) is 0.456. The van der Waals surface area contributed by atoms with Gasteiger partial charge in [0.1, 0.15) is 0 Å². The molecular weight excluding hydrogens is 338 g/mol. The molecule has 0 aromatic heterocycles. The van der Waals surface area contributed by atoms with Gasteiger partial charge in [-0.1, -0.05) is 32.6 Å². The van der Waals surface area contributed by atoms with Crippen molar-refractivity contribution in [2.45, 2.75) is 78.6 Å². The zero-order valence-corrected chi connectivity index (χ0v) is 18.3. The zero-order valence-electron chi connectivity index (χ0n) is 18.3. The lowest BCUT2D eigenvalue weighted by molar-refractivity contribution is -0.140. The zero-order chi connectivity index (χ0) is 20.1. The Balaban J connectivity index is 2.26. The Hall–Kier alpha value is -1.10. The smallest absolute Gasteiger partial charge is 0.227 e. The lowest BCUT2D eigenvalue weighted by Gasteiger charge is -2.34. The van der Waals surface area contributed by atoms with Crippen LogP contribution in [0.5, 0.6) is 0 Å². The molecule has 27 heavy (non-hydrogen) atoms. The molecule has 1 atom stereocenters. The molecule has 1 fully saturated rings. The van der Waals surface area contributed by atoms with E-state index in [1.165, 1.54) is 32.1 Å². The minimum atomic E-state index is -0.00612. The van der Waals surface area contributed by atoms with Gasteiger partial charge in [0.2, 0.25) is 11.8 Å². The summed E-state index contributed by atoms with van der Waals surface area (Å²) in [5.74, 6) is 0.442. The summed E-state index contributed by atoms with van der Waals surface area (Å²) in [4.78, 5) is 31.3. The van der Waals surface area contributed by atoms with Crippen LogP contribution in [0.2, 0.25) is 0 Å². The Morgan fingerprint density at radius 3 is 2.30 bits per heavy atom. The van der Waals surface area contributed by atoms with E-state index in [1.807, 2.05) is 23.6 Å². The van der Waals surface area contributed by atoms with Crippen LogP contribution in [0.3, 0.4) is 0 Å². The van der Waals surface area contributed by atoms with Crippen molar-refractivity contribution < 1.29 is 9.59 Å². The van der Waals surface area contributed by atoms with Crippen molar-refractivity contribution in [1.82, 2.24) is 14.7 Å². The molecule has 5 heteroatoms. The molecule has 1 unspecified atom stereocenters. The Bertz CT molecular complexity index is 424. The number of rotatable bonds is 13. The largest absolute Gasteiger partial charge is 0.343 e. The van der Waals surface area contributed by atoms with Crippen molar-refractivity contribution in [2.24, 2.45) is 5.92 Å². The molecule has 0 radical (unpaired) electrons. The van der Waals surface area contributed by atoms with E-state index < -0.39 is 0 Å². The second kappa shape index (κ2) is 14.0. The van der Waals surface area contributed by atoms with Crippen molar-refractivity contribution in [3.63, 3.8) is 0 Å². The van der Waals surface area contributed by atoms with Crippen molar-refractivity contribution in [1.29, 1.82) is 0 Å². The highest BCUT2D eigenvalue weighted by molar-refractivity contribution is 5.81. The maximum atomic E-state index is 12.6. The number of hydrogen-bond acceptors (Lipinski definition) is 3. The van der Waals surface area contributed by atoms with E-state index in [0.29, 0.717) is 13.0 Å². The highest BCUT2D eigenvalue weighted by atomic mass is 16.2. The van der Waals surface area contributed by atoms with Gasteiger partial charge in [-0.05, 0) is 59.7 Å². The number of hydrogen-bond donors (Lipinski definition) is 0. The van der Waals surface area contributed by atoms with Gasteiger partial charge in [-0.15, -0.1) is 0 Å². The van der Waals surface area contributed by atoms with Gasteiger partial charge in [-0.2, -0.15) is 0 Å². The van der Waals surface area contributed by atoms with Crippen LogP contribution in [-0.2, 0) is 9.59 Å². The third kappa shape index (κ3) is 9.09. The van der Waals surface area contributed by atoms with Crippen LogP contribution >= 0.6 is 0 Å². The van der Waals surface area contributed by atoms with Crippen molar-refractivity contribution in [2.75, 3.05) is 46.3 Å². The molecule has 0 bridgehead atoms. The summed E-state index contributed by atoms with van der Waals surface area (Å²) >= 11 is 0. The van der Waals surface area contributed by atoms with E-state index in [0.717, 1.165) is 52.0 Å². The number of amides is 2. The van der Waals surface area contributed by atoms with E-state index in [1.54, 1.807) is 0 Å². The summed E-state index contributed by atoms with van der Waals surface area (Å²) in [6.45, 7) is 11.3. The minimum absolute atomic E-state index is 0.00612. The molecule has 158 valence electrons. The molecule has 0 spiro atoms. The number of carbonyl (C=O) groups is 2. The van der Waals surface area contributed by atoms with Crippen molar-refractivity contribution in [3.05, 3.63) is 0 Å². The van der Waals surface area contributed by atoms with E-state index in [-0.39, 0.29) is 17.7 Å². The van der Waals surface area contributed by atoms with Crippen LogP contribution in [0.15, 0.2) is 0 Å². The molecule has 1 rings (SSSR count). The van der Waals surface area contributed by atoms with Crippen LogP contribution in [0.1, 0.15) is 78.6 Å². The van der Waals surface area contributed by atoms with Crippen molar-refractivity contribution in [3.8, 4) is 0 Å². The Kier molecular flexibility index (Phi) is 12.4. The first kappa shape index (κ1) is 23.9. The molecule has 0 aromatic carbocycles. The molecule has 1 aliphatic rings. The Labute approximate surface area is 167 Å². The first-order valence-electron chi connectivity index (χ1n) is 11.3. The fourth-order valence-corrected chi connectivity index (χ4v) is 3.95. The number of nitrogens with zero attached hydrogens (tertiary/aromatic N) is 3. The molecular formula is C22H43N3O2. The second-order valence-electron chi connectivity index (χ2n) is 8.01. The van der Waals surface area contributed by atoms with Gasteiger partial charge in [0.15, 0.2) is 0 Å². The van der Waals surface area contributed by atoms with Gasteiger partial charge in [0, 0.05) is 32.6 Å². The van der Waals surface area contributed by atoms with Crippen LogP contribution in [0.4, 0.5) is 0 Å². The molecule has 1 aliphatic heterocycles. The summed E-state index contributed by atoms with van der Waals surface area (Å²) in [7, 11) is 2.16. The molecule has 1 saturated heterocycles. The SMILES string of the molecule is CCCCCCCN(C)CCCC(=O)N1CCCC(C(=O)N(CC)CC)C1. The van der Waals surface area contributed by atoms with Crippen LogP contribution < -0.4 is 0 Å². The predicted molar refractivity (Wildman–Crippen MR) is 113 cm³/mol. The molecule has 2 amide bonds. The van der Waals surface area contributed by atoms with Crippen LogP contribution in [0, 0.1) is 5.92 Å². The average Bonchev–Trinajstić information content (AvgIpc) is 2.68. The number of likely N-dealkylation sites (tertiary alicyclic amines) is 1. The normalized spacial score (nSPS) is 17.4. The van der Waals surface area contributed by atoms with Gasteiger partial charge < -0.3 is 14.7 Å². The maximum absolute atomic E-state index is 12.6. The highest BCUT2D eigenvalue weighted by Crippen LogP contribution is 2.20. The van der Waals surface area contributed by atoms with Gasteiger partial charge >= 0.3 is 0 Å². The first-order valence-corrected chi connectivity index (χ1v) is 11.3. The number of unbranched alkanes of at least 4 members (excludes halogenated alkanes) is 4. The van der Waals surface area contributed by atoms with Crippen molar-refractivity contribution >= 4 is 11.8 Å².